The molecule has 0 aliphatic heterocycles. The van der Waals surface area contributed by atoms with Gasteiger partial charge in [0, 0.05) is 12.1 Å². The van der Waals surface area contributed by atoms with Gasteiger partial charge in [0.25, 0.3) is 5.91 Å². The normalized spacial score (nSPS) is 12.8. The van der Waals surface area contributed by atoms with Crippen LogP contribution in [0.1, 0.15) is 36.7 Å². The minimum atomic E-state index is -1.04. The first-order valence-electron chi connectivity index (χ1n) is 6.08. The summed E-state index contributed by atoms with van der Waals surface area (Å²) >= 11 is 0. The highest BCUT2D eigenvalue weighted by atomic mass is 16.4. The summed E-state index contributed by atoms with van der Waals surface area (Å²) in [6.45, 7) is 5.71. The van der Waals surface area contributed by atoms with Crippen molar-refractivity contribution in [3.8, 4) is 0 Å². The summed E-state index contributed by atoms with van der Waals surface area (Å²) in [6, 6.07) is 5.84. The highest BCUT2D eigenvalue weighted by Crippen LogP contribution is 2.20. The summed E-state index contributed by atoms with van der Waals surface area (Å²) in [5, 5.41) is 11.7. The Kier molecular flexibility index (Phi) is 4.67. The number of rotatable bonds is 4. The van der Waals surface area contributed by atoms with E-state index in [0.717, 1.165) is 5.56 Å². The molecule has 1 unspecified atom stereocenters. The predicted molar refractivity (Wildman–Crippen MR) is 72.7 cm³/mol. The lowest BCUT2D eigenvalue weighted by molar-refractivity contribution is -0.142. The first-order chi connectivity index (χ1) is 8.75. The summed E-state index contributed by atoms with van der Waals surface area (Å²) in [6.07, 6.45) is 0. The van der Waals surface area contributed by atoms with E-state index >= 15 is 0 Å². The quantitative estimate of drug-likeness (QED) is 0.766. The summed E-state index contributed by atoms with van der Waals surface area (Å²) in [5.41, 5.74) is 6.26. The molecule has 0 saturated carbocycles. The molecule has 5 nitrogen and oxygen atoms in total. The molecular formula is C14H20N2O3. The fourth-order valence-electron chi connectivity index (χ4n) is 1.66. The molecule has 4 N–H and O–H groups in total. The maximum Gasteiger partial charge on any atom is 0.326 e. The molecule has 1 amide bonds. The lowest BCUT2D eigenvalue weighted by Crippen LogP contribution is -2.49. The Bertz CT molecular complexity index is 461. The number of carbonyl (C=O) groups excluding carboxylic acids is 1. The van der Waals surface area contributed by atoms with Crippen molar-refractivity contribution in [2.75, 3.05) is 0 Å². The summed E-state index contributed by atoms with van der Waals surface area (Å²) in [4.78, 5) is 23.2. The van der Waals surface area contributed by atoms with Crippen molar-refractivity contribution >= 4 is 11.9 Å². The molecule has 104 valence electrons. The SMILES string of the molecule is CC(C)(C)C(NC(=O)c1ccc(CN)cc1)C(=O)O. The second-order valence-corrected chi connectivity index (χ2v) is 5.51. The first-order valence-corrected chi connectivity index (χ1v) is 6.08. The van der Waals surface area contributed by atoms with Crippen molar-refractivity contribution in [3.05, 3.63) is 35.4 Å². The Morgan fingerprint density at radius 2 is 1.79 bits per heavy atom. The van der Waals surface area contributed by atoms with E-state index in [1.807, 2.05) is 0 Å². The number of carboxylic acids is 1. The number of benzene rings is 1. The third kappa shape index (κ3) is 4.06. The number of amides is 1. The van der Waals surface area contributed by atoms with E-state index in [1.165, 1.54) is 0 Å². The second kappa shape index (κ2) is 5.84. The van der Waals surface area contributed by atoms with Gasteiger partial charge in [0.15, 0.2) is 0 Å². The van der Waals surface area contributed by atoms with Gasteiger partial charge in [0.05, 0.1) is 0 Å². The molecule has 1 aromatic carbocycles. The summed E-state index contributed by atoms with van der Waals surface area (Å²) < 4.78 is 0. The van der Waals surface area contributed by atoms with Crippen LogP contribution in [0.15, 0.2) is 24.3 Å². The molecule has 1 aromatic rings. The molecule has 0 radical (unpaired) electrons. The number of nitrogens with one attached hydrogen (secondary N) is 1. The van der Waals surface area contributed by atoms with Crippen molar-refractivity contribution < 1.29 is 14.7 Å². The van der Waals surface area contributed by atoms with Crippen LogP contribution in [-0.4, -0.2) is 23.0 Å². The van der Waals surface area contributed by atoms with E-state index in [4.69, 9.17) is 10.8 Å². The molecule has 1 atom stereocenters. The van der Waals surface area contributed by atoms with Gasteiger partial charge in [-0.2, -0.15) is 0 Å². The molecule has 0 bridgehead atoms. The molecule has 0 aliphatic rings. The van der Waals surface area contributed by atoms with Crippen LogP contribution in [0.3, 0.4) is 0 Å². The zero-order chi connectivity index (χ0) is 14.6. The Labute approximate surface area is 112 Å². The highest BCUT2D eigenvalue weighted by Gasteiger charge is 2.32. The Morgan fingerprint density at radius 3 is 2.16 bits per heavy atom. The molecule has 0 aliphatic carbocycles. The monoisotopic (exact) mass is 264 g/mol. The fourth-order valence-corrected chi connectivity index (χ4v) is 1.66. The minimum absolute atomic E-state index is 0.397. The van der Waals surface area contributed by atoms with E-state index in [1.54, 1.807) is 45.0 Å². The highest BCUT2D eigenvalue weighted by molar-refractivity contribution is 5.96. The van der Waals surface area contributed by atoms with Crippen LogP contribution in [0.2, 0.25) is 0 Å². The number of nitrogens with two attached hydrogens (primary N) is 1. The lowest BCUT2D eigenvalue weighted by Gasteiger charge is -2.27. The van der Waals surface area contributed by atoms with E-state index < -0.39 is 23.3 Å². The van der Waals surface area contributed by atoms with Crippen LogP contribution < -0.4 is 11.1 Å². The molecule has 19 heavy (non-hydrogen) atoms. The Morgan fingerprint density at radius 1 is 1.26 bits per heavy atom. The van der Waals surface area contributed by atoms with Gasteiger partial charge in [0.1, 0.15) is 6.04 Å². The van der Waals surface area contributed by atoms with Crippen LogP contribution in [0.5, 0.6) is 0 Å². The maximum absolute atomic E-state index is 12.0. The van der Waals surface area contributed by atoms with Gasteiger partial charge in [0.2, 0.25) is 0 Å². The maximum atomic E-state index is 12.0. The van der Waals surface area contributed by atoms with Gasteiger partial charge in [-0.05, 0) is 23.1 Å². The number of carbonyl (C=O) groups is 2. The number of aliphatic carboxylic acids is 1. The van der Waals surface area contributed by atoms with Gasteiger partial charge in [-0.3, -0.25) is 4.79 Å². The molecule has 0 spiro atoms. The fraction of sp³-hybridized carbons (Fsp3) is 0.429. The van der Waals surface area contributed by atoms with Gasteiger partial charge >= 0.3 is 5.97 Å². The van der Waals surface area contributed by atoms with Crippen LogP contribution in [0, 0.1) is 5.41 Å². The largest absolute Gasteiger partial charge is 0.480 e. The average Bonchev–Trinajstić information content (AvgIpc) is 2.34. The standard InChI is InChI=1S/C14H20N2O3/c1-14(2,3)11(13(18)19)16-12(17)10-6-4-9(8-15)5-7-10/h4-7,11H,8,15H2,1-3H3,(H,16,17)(H,18,19). The third-order valence-electron chi connectivity index (χ3n) is 2.84. The molecule has 0 aromatic heterocycles. The topological polar surface area (TPSA) is 92.4 Å². The van der Waals surface area contributed by atoms with Gasteiger partial charge < -0.3 is 16.2 Å². The lowest BCUT2D eigenvalue weighted by atomic mass is 9.86. The smallest absolute Gasteiger partial charge is 0.326 e. The molecule has 1 rings (SSSR count). The van der Waals surface area contributed by atoms with E-state index in [2.05, 4.69) is 5.32 Å². The Balaban J connectivity index is 2.85. The van der Waals surface area contributed by atoms with Crippen molar-refractivity contribution in [1.82, 2.24) is 5.32 Å². The van der Waals surface area contributed by atoms with Crippen molar-refractivity contribution in [3.63, 3.8) is 0 Å². The first kappa shape index (κ1) is 15.2. The number of hydrogen-bond donors (Lipinski definition) is 3. The van der Waals surface area contributed by atoms with Crippen molar-refractivity contribution in [1.29, 1.82) is 0 Å². The molecule has 0 saturated heterocycles. The van der Waals surface area contributed by atoms with Gasteiger partial charge in [-0.25, -0.2) is 4.79 Å². The number of carboxylic acid groups (broad SMARTS) is 1. The van der Waals surface area contributed by atoms with Crippen LogP contribution >= 0.6 is 0 Å². The molecule has 0 fully saturated rings. The second-order valence-electron chi connectivity index (χ2n) is 5.51. The average molecular weight is 264 g/mol. The van der Waals surface area contributed by atoms with Gasteiger partial charge in [-0.15, -0.1) is 0 Å². The third-order valence-corrected chi connectivity index (χ3v) is 2.84. The van der Waals surface area contributed by atoms with Gasteiger partial charge in [-0.1, -0.05) is 32.9 Å². The predicted octanol–water partition coefficient (Wildman–Crippen LogP) is 1.37. The van der Waals surface area contributed by atoms with Crippen LogP contribution in [0.4, 0.5) is 0 Å². The summed E-state index contributed by atoms with van der Waals surface area (Å²) in [7, 11) is 0. The zero-order valence-electron chi connectivity index (χ0n) is 11.4. The number of hydrogen-bond acceptors (Lipinski definition) is 3. The van der Waals surface area contributed by atoms with E-state index in [-0.39, 0.29) is 0 Å². The van der Waals surface area contributed by atoms with Crippen LogP contribution in [0.25, 0.3) is 0 Å². The minimum Gasteiger partial charge on any atom is -0.480 e. The molecule has 5 heteroatoms. The molecule has 0 heterocycles. The van der Waals surface area contributed by atoms with Crippen molar-refractivity contribution in [2.45, 2.75) is 33.4 Å². The van der Waals surface area contributed by atoms with Crippen LogP contribution in [-0.2, 0) is 11.3 Å². The van der Waals surface area contributed by atoms with Crippen molar-refractivity contribution in [2.24, 2.45) is 11.1 Å². The van der Waals surface area contributed by atoms with E-state index in [0.29, 0.717) is 12.1 Å². The summed E-state index contributed by atoms with van der Waals surface area (Å²) in [5.74, 6) is -1.44. The Hall–Kier alpha value is -1.88. The zero-order valence-corrected chi connectivity index (χ0v) is 11.4. The molecular weight excluding hydrogens is 244 g/mol. The van der Waals surface area contributed by atoms with E-state index in [9.17, 15) is 9.59 Å².